The van der Waals surface area contributed by atoms with Crippen molar-refractivity contribution < 1.29 is 9.26 Å². The van der Waals surface area contributed by atoms with Crippen LogP contribution in [0.1, 0.15) is 41.8 Å². The summed E-state index contributed by atoms with van der Waals surface area (Å²) in [5.41, 5.74) is 3.69. The van der Waals surface area contributed by atoms with Crippen LogP contribution in [0.25, 0.3) is 0 Å². The molecule has 26 heavy (non-hydrogen) atoms. The molecule has 0 amide bonds. The van der Waals surface area contributed by atoms with Crippen molar-refractivity contribution in [1.29, 1.82) is 0 Å². The summed E-state index contributed by atoms with van der Waals surface area (Å²) in [5.74, 6) is 2.33. The molecule has 1 saturated carbocycles. The molecular formula is C22H30N2O2. The Morgan fingerprint density at radius 2 is 1.96 bits per heavy atom. The molecule has 1 aromatic heterocycles. The summed E-state index contributed by atoms with van der Waals surface area (Å²) in [6.45, 7) is 8.11. The van der Waals surface area contributed by atoms with Gasteiger partial charge in [-0.05, 0) is 51.0 Å². The lowest BCUT2D eigenvalue weighted by Gasteiger charge is -2.38. The number of likely N-dealkylation sites (tertiary alicyclic amines) is 1. The molecule has 2 atom stereocenters. The second-order valence-electron chi connectivity index (χ2n) is 8.09. The van der Waals surface area contributed by atoms with Gasteiger partial charge < -0.3 is 9.26 Å². The molecule has 0 bridgehead atoms. The van der Waals surface area contributed by atoms with E-state index < -0.39 is 0 Å². The Kier molecular flexibility index (Phi) is 5.41. The van der Waals surface area contributed by atoms with E-state index in [0.717, 1.165) is 56.5 Å². The Bertz CT molecular complexity index is 689. The first-order valence-electron chi connectivity index (χ1n) is 9.98. The number of piperidine rings is 1. The maximum atomic E-state index is 6.37. The SMILES string of the molecule is Cc1noc(C)c1CN1CC[C@@H](OCC2CC2)[C@@H](Cc2ccccc2)C1. The minimum Gasteiger partial charge on any atom is -0.378 e. The molecule has 4 rings (SSSR count). The summed E-state index contributed by atoms with van der Waals surface area (Å²) in [7, 11) is 0. The highest BCUT2D eigenvalue weighted by Gasteiger charge is 2.32. The van der Waals surface area contributed by atoms with Crippen molar-refractivity contribution in [3.8, 4) is 0 Å². The largest absolute Gasteiger partial charge is 0.378 e. The van der Waals surface area contributed by atoms with Crippen molar-refractivity contribution in [2.45, 2.75) is 52.2 Å². The minimum absolute atomic E-state index is 0.386. The van der Waals surface area contributed by atoms with Gasteiger partial charge in [0.15, 0.2) is 0 Å². The zero-order valence-electron chi connectivity index (χ0n) is 16.0. The molecule has 4 nitrogen and oxygen atoms in total. The molecule has 1 aliphatic heterocycles. The highest BCUT2D eigenvalue weighted by Crippen LogP contribution is 2.32. The van der Waals surface area contributed by atoms with E-state index in [4.69, 9.17) is 9.26 Å². The lowest BCUT2D eigenvalue weighted by Crippen LogP contribution is -2.45. The van der Waals surface area contributed by atoms with E-state index in [0.29, 0.717) is 12.0 Å². The van der Waals surface area contributed by atoms with E-state index in [1.165, 1.54) is 24.0 Å². The Morgan fingerprint density at radius 3 is 2.65 bits per heavy atom. The summed E-state index contributed by atoms with van der Waals surface area (Å²) < 4.78 is 11.7. The van der Waals surface area contributed by atoms with Gasteiger partial charge in [-0.15, -0.1) is 0 Å². The fraction of sp³-hybridized carbons (Fsp3) is 0.591. The van der Waals surface area contributed by atoms with Crippen LogP contribution in [0.3, 0.4) is 0 Å². The summed E-state index contributed by atoms with van der Waals surface area (Å²) in [4.78, 5) is 2.55. The van der Waals surface area contributed by atoms with Crippen LogP contribution >= 0.6 is 0 Å². The molecule has 1 saturated heterocycles. The maximum absolute atomic E-state index is 6.37. The van der Waals surface area contributed by atoms with Crippen molar-refractivity contribution in [1.82, 2.24) is 10.1 Å². The van der Waals surface area contributed by atoms with Gasteiger partial charge in [-0.3, -0.25) is 4.90 Å². The maximum Gasteiger partial charge on any atom is 0.138 e. The summed E-state index contributed by atoms with van der Waals surface area (Å²) in [5, 5.41) is 4.11. The van der Waals surface area contributed by atoms with Crippen molar-refractivity contribution in [2.75, 3.05) is 19.7 Å². The molecule has 1 aliphatic carbocycles. The molecule has 0 N–H and O–H groups in total. The van der Waals surface area contributed by atoms with Gasteiger partial charge in [-0.2, -0.15) is 0 Å². The zero-order chi connectivity index (χ0) is 17.9. The second-order valence-corrected chi connectivity index (χ2v) is 8.09. The number of aromatic nitrogens is 1. The van der Waals surface area contributed by atoms with Crippen molar-refractivity contribution in [3.05, 3.63) is 52.9 Å². The Labute approximate surface area is 156 Å². The van der Waals surface area contributed by atoms with Gasteiger partial charge in [-0.1, -0.05) is 35.5 Å². The van der Waals surface area contributed by atoms with Crippen LogP contribution in [0.2, 0.25) is 0 Å². The van der Waals surface area contributed by atoms with E-state index in [9.17, 15) is 0 Å². The molecule has 1 aromatic carbocycles. The number of aryl methyl sites for hydroxylation is 2. The molecule has 140 valence electrons. The molecule has 2 aliphatic rings. The number of hydrogen-bond acceptors (Lipinski definition) is 4. The Balaban J connectivity index is 1.43. The third-order valence-electron chi connectivity index (χ3n) is 5.89. The van der Waals surface area contributed by atoms with Gasteiger partial charge >= 0.3 is 0 Å². The Hall–Kier alpha value is -1.65. The van der Waals surface area contributed by atoms with Gasteiger partial charge in [0.05, 0.1) is 11.8 Å². The smallest absolute Gasteiger partial charge is 0.138 e. The minimum atomic E-state index is 0.386. The molecule has 2 aromatic rings. The number of benzene rings is 1. The lowest BCUT2D eigenvalue weighted by atomic mass is 9.88. The molecule has 0 radical (unpaired) electrons. The number of hydrogen-bond donors (Lipinski definition) is 0. The monoisotopic (exact) mass is 354 g/mol. The average molecular weight is 354 g/mol. The first-order chi connectivity index (χ1) is 12.7. The molecule has 0 unspecified atom stereocenters. The second kappa shape index (κ2) is 7.93. The van der Waals surface area contributed by atoms with Crippen molar-refractivity contribution in [2.24, 2.45) is 11.8 Å². The quantitative estimate of drug-likeness (QED) is 0.749. The first-order valence-corrected chi connectivity index (χ1v) is 9.98. The molecular weight excluding hydrogens is 324 g/mol. The van der Waals surface area contributed by atoms with E-state index in [1.807, 2.05) is 13.8 Å². The predicted octanol–water partition coefficient (Wildman–Crippen LogP) is 4.15. The van der Waals surface area contributed by atoms with Crippen LogP contribution in [-0.4, -0.2) is 35.9 Å². The van der Waals surface area contributed by atoms with Gasteiger partial charge in [0.1, 0.15) is 5.76 Å². The summed E-state index contributed by atoms with van der Waals surface area (Å²) in [6.07, 6.45) is 5.31. The Morgan fingerprint density at radius 1 is 1.15 bits per heavy atom. The van der Waals surface area contributed by atoms with E-state index in [2.05, 4.69) is 40.4 Å². The van der Waals surface area contributed by atoms with Crippen LogP contribution in [0.15, 0.2) is 34.9 Å². The van der Waals surface area contributed by atoms with Crippen LogP contribution in [-0.2, 0) is 17.7 Å². The average Bonchev–Trinajstić information content (AvgIpc) is 3.43. The number of ether oxygens (including phenoxy) is 1. The summed E-state index contributed by atoms with van der Waals surface area (Å²) >= 11 is 0. The summed E-state index contributed by atoms with van der Waals surface area (Å²) in [6, 6.07) is 10.9. The van der Waals surface area contributed by atoms with Crippen LogP contribution in [0.4, 0.5) is 0 Å². The first kappa shape index (κ1) is 17.7. The highest BCUT2D eigenvalue weighted by molar-refractivity contribution is 5.21. The molecule has 2 heterocycles. The molecule has 4 heteroatoms. The number of rotatable bonds is 7. The van der Waals surface area contributed by atoms with Crippen LogP contribution in [0.5, 0.6) is 0 Å². The highest BCUT2D eigenvalue weighted by atomic mass is 16.5. The number of nitrogens with zero attached hydrogens (tertiary/aromatic N) is 2. The third-order valence-corrected chi connectivity index (χ3v) is 5.89. The topological polar surface area (TPSA) is 38.5 Å². The zero-order valence-corrected chi connectivity index (χ0v) is 16.0. The van der Waals surface area contributed by atoms with Gasteiger partial charge in [0.2, 0.25) is 0 Å². The lowest BCUT2D eigenvalue weighted by molar-refractivity contribution is -0.0390. The normalized spacial score (nSPS) is 24.1. The fourth-order valence-corrected chi connectivity index (χ4v) is 4.06. The van der Waals surface area contributed by atoms with Crippen LogP contribution in [0, 0.1) is 25.7 Å². The van der Waals surface area contributed by atoms with Gasteiger partial charge in [0.25, 0.3) is 0 Å². The molecule has 2 fully saturated rings. The van der Waals surface area contributed by atoms with E-state index >= 15 is 0 Å². The standard InChI is InChI=1S/C22H30N2O2/c1-16-21(17(2)26-23-16)14-24-11-10-22(25-15-19-8-9-19)20(13-24)12-18-6-4-3-5-7-18/h3-7,19-20,22H,8-15H2,1-2H3/t20-,22+/m0/s1. The van der Waals surface area contributed by atoms with E-state index in [1.54, 1.807) is 0 Å². The van der Waals surface area contributed by atoms with Gasteiger partial charge in [-0.25, -0.2) is 0 Å². The van der Waals surface area contributed by atoms with Gasteiger partial charge in [0, 0.05) is 37.7 Å². The third kappa shape index (κ3) is 4.36. The van der Waals surface area contributed by atoms with Crippen LogP contribution < -0.4 is 0 Å². The van der Waals surface area contributed by atoms with Crippen molar-refractivity contribution >= 4 is 0 Å². The fourth-order valence-electron chi connectivity index (χ4n) is 4.06. The predicted molar refractivity (Wildman–Crippen MR) is 102 cm³/mol. The molecule has 0 spiro atoms. The van der Waals surface area contributed by atoms with Crippen molar-refractivity contribution in [3.63, 3.8) is 0 Å². The van der Waals surface area contributed by atoms with E-state index in [-0.39, 0.29) is 0 Å².